The summed E-state index contributed by atoms with van der Waals surface area (Å²) in [6.45, 7) is 1.94. The zero-order valence-corrected chi connectivity index (χ0v) is 11.1. The lowest BCUT2D eigenvalue weighted by molar-refractivity contribution is 0.0600. The number of esters is 1. The van der Waals surface area contributed by atoms with E-state index in [9.17, 15) is 10.1 Å². The minimum Gasteiger partial charge on any atom is -0.465 e. The molecule has 1 aromatic rings. The van der Waals surface area contributed by atoms with Crippen LogP contribution in [0.25, 0.3) is 0 Å². The molecule has 0 amide bonds. The summed E-state index contributed by atoms with van der Waals surface area (Å²) in [6.07, 6.45) is 3.55. The molecule has 0 spiro atoms. The normalized spacial score (nSPS) is 17.5. The topological polar surface area (TPSA) is 53.3 Å². The van der Waals surface area contributed by atoms with Gasteiger partial charge >= 0.3 is 5.97 Å². The van der Waals surface area contributed by atoms with E-state index in [0.29, 0.717) is 5.56 Å². The molecule has 19 heavy (non-hydrogen) atoms. The zero-order chi connectivity index (χ0) is 13.7. The van der Waals surface area contributed by atoms with Crippen LogP contribution < -0.4 is 0 Å². The van der Waals surface area contributed by atoms with E-state index >= 15 is 0 Å². The fourth-order valence-electron chi connectivity index (χ4n) is 2.46. The van der Waals surface area contributed by atoms with Crippen molar-refractivity contribution in [3.63, 3.8) is 0 Å². The number of hydrogen-bond donors (Lipinski definition) is 0. The highest BCUT2D eigenvalue weighted by Gasteiger charge is 2.22. The Morgan fingerprint density at radius 1 is 1.26 bits per heavy atom. The molecular formula is C15H18N2O2. The van der Waals surface area contributed by atoms with Gasteiger partial charge in [-0.1, -0.05) is 18.6 Å². The molecule has 1 unspecified atom stereocenters. The number of piperidine rings is 1. The van der Waals surface area contributed by atoms with Crippen LogP contribution in [0.15, 0.2) is 24.3 Å². The van der Waals surface area contributed by atoms with Gasteiger partial charge in [0, 0.05) is 0 Å². The third-order valence-corrected chi connectivity index (χ3v) is 3.53. The van der Waals surface area contributed by atoms with Gasteiger partial charge in [0.1, 0.15) is 6.04 Å². The van der Waals surface area contributed by atoms with E-state index in [1.54, 1.807) is 12.1 Å². The predicted octanol–water partition coefficient (Wildman–Crippen LogP) is 2.52. The minimum absolute atomic E-state index is 0.216. The predicted molar refractivity (Wildman–Crippen MR) is 71.6 cm³/mol. The lowest BCUT2D eigenvalue weighted by Crippen LogP contribution is -2.33. The van der Waals surface area contributed by atoms with Gasteiger partial charge in [-0.3, -0.25) is 4.90 Å². The first-order chi connectivity index (χ1) is 9.26. The molecule has 1 heterocycles. The van der Waals surface area contributed by atoms with Gasteiger partial charge in [-0.05, 0) is 43.6 Å². The smallest absolute Gasteiger partial charge is 0.337 e. The molecule has 1 aromatic carbocycles. The average molecular weight is 258 g/mol. The molecule has 1 aliphatic heterocycles. The van der Waals surface area contributed by atoms with Gasteiger partial charge in [-0.2, -0.15) is 5.26 Å². The Bertz CT molecular complexity index is 470. The maximum atomic E-state index is 11.4. The number of methoxy groups -OCH3 is 1. The van der Waals surface area contributed by atoms with Gasteiger partial charge in [0.2, 0.25) is 0 Å². The maximum absolute atomic E-state index is 11.4. The highest BCUT2D eigenvalue weighted by atomic mass is 16.5. The third-order valence-electron chi connectivity index (χ3n) is 3.53. The van der Waals surface area contributed by atoms with Crippen LogP contribution >= 0.6 is 0 Å². The second-order valence-electron chi connectivity index (χ2n) is 4.74. The summed E-state index contributed by atoms with van der Waals surface area (Å²) in [5.74, 6) is -0.349. The SMILES string of the molecule is COC(=O)c1ccc(C(C#N)N2CCCCC2)cc1. The number of carbonyl (C=O) groups is 1. The molecule has 0 bridgehead atoms. The number of nitrogens with zero attached hydrogens (tertiary/aromatic N) is 2. The number of likely N-dealkylation sites (tertiary alicyclic amines) is 1. The molecule has 0 saturated carbocycles. The van der Waals surface area contributed by atoms with E-state index in [2.05, 4.69) is 15.7 Å². The molecule has 1 fully saturated rings. The first-order valence-electron chi connectivity index (χ1n) is 6.58. The van der Waals surface area contributed by atoms with E-state index in [4.69, 9.17) is 0 Å². The summed E-state index contributed by atoms with van der Waals surface area (Å²) < 4.78 is 4.66. The first-order valence-corrected chi connectivity index (χ1v) is 6.58. The molecule has 0 radical (unpaired) electrons. The van der Waals surface area contributed by atoms with Crippen molar-refractivity contribution in [3.8, 4) is 6.07 Å². The first kappa shape index (κ1) is 13.6. The molecule has 4 heteroatoms. The summed E-state index contributed by atoms with van der Waals surface area (Å²) in [7, 11) is 1.36. The zero-order valence-electron chi connectivity index (χ0n) is 11.1. The molecule has 0 aromatic heterocycles. The second-order valence-corrected chi connectivity index (χ2v) is 4.74. The van der Waals surface area contributed by atoms with Crippen LogP contribution in [0.1, 0.15) is 41.2 Å². The number of ether oxygens (including phenoxy) is 1. The number of carbonyl (C=O) groups excluding carboxylic acids is 1. The molecule has 0 N–H and O–H groups in total. The largest absolute Gasteiger partial charge is 0.465 e. The molecule has 1 aliphatic rings. The Kier molecular flexibility index (Phi) is 4.53. The van der Waals surface area contributed by atoms with E-state index in [0.717, 1.165) is 31.5 Å². The van der Waals surface area contributed by atoms with Gasteiger partial charge in [0.25, 0.3) is 0 Å². The van der Waals surface area contributed by atoms with Gasteiger partial charge in [-0.15, -0.1) is 0 Å². The van der Waals surface area contributed by atoms with E-state index in [1.165, 1.54) is 13.5 Å². The van der Waals surface area contributed by atoms with Crippen molar-refractivity contribution in [2.24, 2.45) is 0 Å². The average Bonchev–Trinajstić information content (AvgIpc) is 2.49. The van der Waals surface area contributed by atoms with Crippen LogP contribution in [-0.2, 0) is 4.74 Å². The van der Waals surface area contributed by atoms with Gasteiger partial charge in [-0.25, -0.2) is 4.79 Å². The molecule has 1 saturated heterocycles. The minimum atomic E-state index is -0.349. The monoisotopic (exact) mass is 258 g/mol. The standard InChI is InChI=1S/C15H18N2O2/c1-19-15(18)13-7-5-12(6-8-13)14(11-16)17-9-3-2-4-10-17/h5-8,14H,2-4,9-10H2,1H3. The van der Waals surface area contributed by atoms with E-state index in [-0.39, 0.29) is 12.0 Å². The number of rotatable bonds is 3. The van der Waals surface area contributed by atoms with Crippen molar-refractivity contribution in [1.29, 1.82) is 5.26 Å². The van der Waals surface area contributed by atoms with Crippen LogP contribution in [0, 0.1) is 11.3 Å². The Morgan fingerprint density at radius 2 is 1.89 bits per heavy atom. The molecular weight excluding hydrogens is 240 g/mol. The van der Waals surface area contributed by atoms with Gasteiger partial charge in [0.05, 0.1) is 18.7 Å². The molecule has 100 valence electrons. The summed E-state index contributed by atoms with van der Waals surface area (Å²) in [4.78, 5) is 13.6. The third kappa shape index (κ3) is 3.12. The second kappa shape index (κ2) is 6.35. The Hall–Kier alpha value is -1.86. The Labute approximate surface area is 113 Å². The Balaban J connectivity index is 2.15. The van der Waals surface area contributed by atoms with Crippen molar-refractivity contribution in [2.75, 3.05) is 20.2 Å². The molecule has 2 rings (SSSR count). The van der Waals surface area contributed by atoms with Crippen LogP contribution in [0.2, 0.25) is 0 Å². The summed E-state index contributed by atoms with van der Waals surface area (Å²) in [5.41, 5.74) is 1.46. The number of hydrogen-bond acceptors (Lipinski definition) is 4. The van der Waals surface area contributed by atoms with Gasteiger partial charge in [0.15, 0.2) is 0 Å². The number of nitriles is 1. The van der Waals surface area contributed by atoms with Crippen LogP contribution in [0.5, 0.6) is 0 Å². The maximum Gasteiger partial charge on any atom is 0.337 e. The summed E-state index contributed by atoms with van der Waals surface area (Å²) >= 11 is 0. The van der Waals surface area contributed by atoms with Crippen molar-refractivity contribution >= 4 is 5.97 Å². The fourth-order valence-corrected chi connectivity index (χ4v) is 2.46. The summed E-state index contributed by atoms with van der Waals surface area (Å²) in [6, 6.07) is 9.26. The lowest BCUT2D eigenvalue weighted by atomic mass is 10.0. The quantitative estimate of drug-likeness (QED) is 0.782. The fraction of sp³-hybridized carbons (Fsp3) is 0.467. The van der Waals surface area contributed by atoms with Crippen molar-refractivity contribution < 1.29 is 9.53 Å². The highest BCUT2D eigenvalue weighted by molar-refractivity contribution is 5.89. The molecule has 4 nitrogen and oxygen atoms in total. The Morgan fingerprint density at radius 3 is 2.42 bits per heavy atom. The van der Waals surface area contributed by atoms with Crippen molar-refractivity contribution in [2.45, 2.75) is 25.3 Å². The van der Waals surface area contributed by atoms with Crippen LogP contribution in [-0.4, -0.2) is 31.1 Å². The molecule has 1 atom stereocenters. The van der Waals surface area contributed by atoms with Crippen LogP contribution in [0.3, 0.4) is 0 Å². The van der Waals surface area contributed by atoms with Crippen molar-refractivity contribution in [1.82, 2.24) is 4.90 Å². The van der Waals surface area contributed by atoms with Crippen LogP contribution in [0.4, 0.5) is 0 Å². The van der Waals surface area contributed by atoms with E-state index < -0.39 is 0 Å². The van der Waals surface area contributed by atoms with Crippen molar-refractivity contribution in [3.05, 3.63) is 35.4 Å². The lowest BCUT2D eigenvalue weighted by Gasteiger charge is -2.30. The van der Waals surface area contributed by atoms with Gasteiger partial charge < -0.3 is 4.74 Å². The van der Waals surface area contributed by atoms with E-state index in [1.807, 2.05) is 12.1 Å². The molecule has 0 aliphatic carbocycles. The highest BCUT2D eigenvalue weighted by Crippen LogP contribution is 2.24. The summed E-state index contributed by atoms with van der Waals surface area (Å²) in [5, 5.41) is 9.37. The number of benzene rings is 1.